The molecule has 0 bridgehead atoms. The summed E-state index contributed by atoms with van der Waals surface area (Å²) in [6.07, 6.45) is -28.3. The maximum Gasteiger partial charge on any atom is 0.506 e. The fourth-order valence-corrected chi connectivity index (χ4v) is 11.0. The van der Waals surface area contributed by atoms with Gasteiger partial charge in [0.1, 0.15) is 68.6 Å². The van der Waals surface area contributed by atoms with Gasteiger partial charge in [-0.1, -0.05) is 98.5 Å². The third kappa shape index (κ3) is 21.9. The lowest BCUT2D eigenvalue weighted by Crippen LogP contribution is -2.72. The molecule has 2 amide bonds. The molecule has 92 heavy (non-hydrogen) atoms. The van der Waals surface area contributed by atoms with E-state index < -0.39 is 192 Å². The van der Waals surface area contributed by atoms with Crippen molar-refractivity contribution in [1.82, 2.24) is 10.6 Å². The number of nitrogens with one attached hydrogen (secondary N) is 2. The number of benzene rings is 3. The Morgan fingerprint density at radius 2 is 1.16 bits per heavy atom. The predicted molar refractivity (Wildman–Crippen MR) is 315 cm³/mol. The van der Waals surface area contributed by atoms with Crippen molar-refractivity contribution in [3.63, 3.8) is 0 Å². The molecule has 3 aromatic carbocycles. The van der Waals surface area contributed by atoms with Gasteiger partial charge in [-0.25, -0.2) is 14.4 Å². The third-order valence-corrected chi connectivity index (χ3v) is 15.9. The molecule has 0 spiro atoms. The molecule has 0 unspecified atom stereocenters. The zero-order valence-corrected chi connectivity index (χ0v) is 53.6. The van der Waals surface area contributed by atoms with Crippen molar-refractivity contribution in [3.05, 3.63) is 108 Å². The van der Waals surface area contributed by atoms with Crippen molar-refractivity contribution in [1.29, 1.82) is 0 Å². The van der Waals surface area contributed by atoms with Gasteiger partial charge in [0, 0.05) is 63.1 Å². The number of aliphatic hydroxyl groups excluding tert-OH is 1. The maximum absolute atomic E-state index is 15.7. The van der Waals surface area contributed by atoms with Crippen molar-refractivity contribution in [2.24, 2.45) is 0 Å². The van der Waals surface area contributed by atoms with E-state index in [0.717, 1.165) is 47.1 Å². The molecular formula is C62H80N2O27Si. The van der Waals surface area contributed by atoms with Crippen LogP contribution in [-0.4, -0.2) is 202 Å². The average Bonchev–Trinajstić information content (AvgIpc) is 0.745. The quantitative estimate of drug-likeness (QED) is 0.0438. The highest BCUT2D eigenvalue weighted by atomic mass is 28.3. The van der Waals surface area contributed by atoms with Crippen LogP contribution in [0.1, 0.15) is 76.4 Å². The van der Waals surface area contributed by atoms with Gasteiger partial charge in [0.15, 0.2) is 37.0 Å². The van der Waals surface area contributed by atoms with Gasteiger partial charge in [0.05, 0.1) is 31.2 Å². The normalized spacial score (nSPS) is 26.8. The summed E-state index contributed by atoms with van der Waals surface area (Å²) in [6, 6.07) is 22.0. The molecule has 0 aliphatic carbocycles. The highest BCUT2D eigenvalue weighted by Crippen LogP contribution is 2.42. The standard InChI is InChI=1S/C62H80N2O27Si/c1-34(65)63-48-44(82-37(4)68)28-62(60(74)81-30-42-22-16-12-17-23-42,90-54(48)52(83-38(5)69)47(88-61(75)76)32-79-36(3)67)91-55-53(84-39(6)70)46(33-80-57(73)43-24-18-13-19-25-43)87-59(56(55)85-40(7)71)89-51-45(31-77-29-41-20-14-11-15-21-41)86-58(78-26-27-92(8,9)10)49(50(51)72)64-35(2)66/h11-25,44-56,58-59,72H,26-33H2,1-10H3,(H,63,65)(H,64,66)(H,75,76)/t44-,45+,46+,47+,48+,49+,50+,51+,52+,53+,54+,55-,56+,58+,59-,62-/m0/s1. The summed E-state index contributed by atoms with van der Waals surface area (Å²) in [4.78, 5) is 135. The lowest BCUT2D eigenvalue weighted by Gasteiger charge is -2.52. The van der Waals surface area contributed by atoms with Gasteiger partial charge in [-0.3, -0.25) is 33.6 Å². The van der Waals surface area contributed by atoms with E-state index in [2.05, 4.69) is 30.3 Å². The third-order valence-electron chi connectivity index (χ3n) is 14.2. The number of rotatable bonds is 29. The average molecular weight is 1310 g/mol. The van der Waals surface area contributed by atoms with Gasteiger partial charge in [-0.05, 0) is 29.3 Å². The Balaban J connectivity index is 1.61. The van der Waals surface area contributed by atoms with Crippen molar-refractivity contribution in [3.8, 4) is 0 Å². The topological polar surface area (TPSA) is 374 Å². The molecule has 0 aromatic heterocycles. The van der Waals surface area contributed by atoms with E-state index in [1.807, 2.05) is 0 Å². The molecule has 3 heterocycles. The number of ether oxygens (including phenoxy) is 15. The van der Waals surface area contributed by atoms with Crippen LogP contribution in [-0.2, 0) is 123 Å². The molecule has 0 saturated carbocycles. The molecule has 6 rings (SSSR count). The summed E-state index contributed by atoms with van der Waals surface area (Å²) < 4.78 is 91.7. The molecular weight excluding hydrogens is 1230 g/mol. The van der Waals surface area contributed by atoms with Crippen LogP contribution in [0.5, 0.6) is 0 Å². The summed E-state index contributed by atoms with van der Waals surface area (Å²) >= 11 is 0. The Morgan fingerprint density at radius 1 is 0.609 bits per heavy atom. The molecule has 3 fully saturated rings. The van der Waals surface area contributed by atoms with E-state index in [-0.39, 0.29) is 25.4 Å². The number of carboxylic acid groups (broad SMARTS) is 1. The molecule has 3 aliphatic heterocycles. The van der Waals surface area contributed by atoms with Crippen molar-refractivity contribution < 1.29 is 129 Å². The fourth-order valence-electron chi connectivity index (χ4n) is 10.3. The van der Waals surface area contributed by atoms with E-state index in [4.69, 9.17) is 71.1 Å². The van der Waals surface area contributed by atoms with E-state index in [1.165, 1.54) is 19.1 Å². The summed E-state index contributed by atoms with van der Waals surface area (Å²) in [5.74, 6) is -12.7. The molecule has 30 heteroatoms. The zero-order valence-electron chi connectivity index (χ0n) is 52.6. The number of amides is 2. The molecule has 4 N–H and O–H groups in total. The first-order valence-electron chi connectivity index (χ1n) is 29.5. The number of carbonyl (C=O) groups is 10. The molecule has 16 atom stereocenters. The fraction of sp³-hybridized carbons (Fsp3) is 0.548. The number of aliphatic hydroxyl groups is 1. The lowest BCUT2D eigenvalue weighted by atomic mass is 9.87. The number of carbonyl (C=O) groups excluding carboxylic acids is 9. The van der Waals surface area contributed by atoms with Crippen molar-refractivity contribution in [2.45, 2.75) is 191 Å². The first-order chi connectivity index (χ1) is 43.5. The van der Waals surface area contributed by atoms with Crippen LogP contribution in [0, 0.1) is 0 Å². The maximum atomic E-state index is 15.7. The van der Waals surface area contributed by atoms with Gasteiger partial charge in [0.2, 0.25) is 11.8 Å². The van der Waals surface area contributed by atoms with Crippen molar-refractivity contribution >= 4 is 67.8 Å². The van der Waals surface area contributed by atoms with Crippen LogP contribution in [0.15, 0.2) is 91.0 Å². The summed E-state index contributed by atoms with van der Waals surface area (Å²) in [6.45, 7) is 10.5. The van der Waals surface area contributed by atoms with Gasteiger partial charge < -0.3 is 91.9 Å². The molecule has 3 aromatic rings. The Morgan fingerprint density at radius 3 is 1.72 bits per heavy atom. The zero-order chi connectivity index (χ0) is 67.5. The minimum Gasteiger partial charge on any atom is -0.462 e. The second-order valence-electron chi connectivity index (χ2n) is 23.1. The number of hydrogen-bond acceptors (Lipinski definition) is 26. The monoisotopic (exact) mass is 1310 g/mol. The van der Waals surface area contributed by atoms with Gasteiger partial charge in [-0.15, -0.1) is 0 Å². The number of esters is 7. The van der Waals surface area contributed by atoms with Gasteiger partial charge in [0.25, 0.3) is 5.79 Å². The second-order valence-corrected chi connectivity index (χ2v) is 28.7. The Kier molecular flexibility index (Phi) is 27.1. The smallest absolute Gasteiger partial charge is 0.462 e. The van der Waals surface area contributed by atoms with E-state index >= 15 is 4.79 Å². The second kappa shape index (κ2) is 34.1. The Bertz CT molecular complexity index is 2990. The molecule has 29 nitrogen and oxygen atoms in total. The predicted octanol–water partition coefficient (Wildman–Crippen LogP) is 3.59. The molecule has 504 valence electrons. The van der Waals surface area contributed by atoms with Crippen LogP contribution in [0.3, 0.4) is 0 Å². The van der Waals surface area contributed by atoms with Gasteiger partial charge in [-0.2, -0.15) is 0 Å². The molecule has 0 radical (unpaired) electrons. The van der Waals surface area contributed by atoms with Gasteiger partial charge >= 0.3 is 47.9 Å². The van der Waals surface area contributed by atoms with Crippen LogP contribution >= 0.6 is 0 Å². The summed E-state index contributed by atoms with van der Waals surface area (Å²) in [5, 5.41) is 28.0. The minimum absolute atomic E-state index is 0.00352. The van der Waals surface area contributed by atoms with Crippen LogP contribution < -0.4 is 10.6 Å². The SMILES string of the molecule is CC(=O)N[C@H]1[C@H](OCC[Si](C)(C)C)O[C@H](COCc2ccccc2)[C@@H](O[C@@H]2O[C@H](COC(=O)c3ccccc3)[C@@H](OC(C)=O)[C@H](O[C@]3(C(=O)OCc4ccccc4)C[C@H](OC(C)=O)[C@@H](NC(C)=O)[C@H]([C@H](OC(C)=O)[C@@H](COC(C)=O)OC(=O)O)O3)[C@H]2OC(C)=O)[C@@H]1O. The van der Waals surface area contributed by atoms with Crippen molar-refractivity contribution in [2.75, 3.05) is 26.4 Å². The summed E-state index contributed by atoms with van der Waals surface area (Å²) in [7, 11) is -1.77. The first-order valence-corrected chi connectivity index (χ1v) is 33.2. The first kappa shape index (κ1) is 73.1. The largest absolute Gasteiger partial charge is 0.506 e. The Hall–Kier alpha value is -7.94. The van der Waals surface area contributed by atoms with E-state index in [0.29, 0.717) is 11.6 Å². The lowest BCUT2D eigenvalue weighted by molar-refractivity contribution is -0.384. The van der Waals surface area contributed by atoms with E-state index in [9.17, 15) is 53.4 Å². The van der Waals surface area contributed by atoms with Crippen LogP contribution in [0.25, 0.3) is 0 Å². The van der Waals surface area contributed by atoms with Crippen LogP contribution in [0.2, 0.25) is 25.7 Å². The highest BCUT2D eigenvalue weighted by molar-refractivity contribution is 6.76. The molecule has 3 saturated heterocycles. The summed E-state index contributed by atoms with van der Waals surface area (Å²) in [5.41, 5.74) is 1.12. The van der Waals surface area contributed by atoms with Crippen LogP contribution in [0.4, 0.5) is 4.79 Å². The van der Waals surface area contributed by atoms with E-state index in [1.54, 1.807) is 78.9 Å². The number of hydrogen-bond donors (Lipinski definition) is 4. The minimum atomic E-state index is -3.24. The molecule has 3 aliphatic rings. The Labute approximate surface area is 531 Å². The highest BCUT2D eigenvalue weighted by Gasteiger charge is 2.64.